The number of amides is 1. The maximum atomic E-state index is 12.0. The number of carbonyl (C=O) groups is 2. The van der Waals surface area contributed by atoms with Crippen molar-refractivity contribution in [2.75, 3.05) is 7.05 Å². The zero-order valence-corrected chi connectivity index (χ0v) is 11.1. The molecule has 1 atom stereocenters. The highest BCUT2D eigenvalue weighted by Crippen LogP contribution is 2.13. The van der Waals surface area contributed by atoms with E-state index in [0.717, 1.165) is 0 Å². The van der Waals surface area contributed by atoms with Gasteiger partial charge in [-0.15, -0.1) is 0 Å². The number of hydrogen-bond acceptors (Lipinski definition) is 3. The maximum Gasteiger partial charge on any atom is 0.326 e. The number of aliphatic carboxylic acids is 1. The molecule has 1 aromatic rings. The van der Waals surface area contributed by atoms with Crippen LogP contribution in [0.2, 0.25) is 0 Å². The quantitative estimate of drug-likeness (QED) is 0.920. The zero-order chi connectivity index (χ0) is 13.0. The standard InChI is InChI=1S/C11H13BrN2O3/c1-3-9(11(16)17)14(2)10(15)7-4-8(12)6-13-5-7/h4-6,9H,3H2,1-2H3,(H,16,17). The third-order valence-electron chi connectivity index (χ3n) is 2.41. The number of rotatable bonds is 4. The Hall–Kier alpha value is -1.43. The van der Waals surface area contributed by atoms with E-state index in [4.69, 9.17) is 5.11 Å². The van der Waals surface area contributed by atoms with Crippen LogP contribution in [0.1, 0.15) is 23.7 Å². The van der Waals surface area contributed by atoms with Crippen LogP contribution in [-0.4, -0.2) is 40.0 Å². The van der Waals surface area contributed by atoms with Gasteiger partial charge in [0.05, 0.1) is 5.56 Å². The van der Waals surface area contributed by atoms with E-state index in [-0.39, 0.29) is 5.91 Å². The number of carboxylic acids is 1. The molecule has 1 aromatic heterocycles. The molecule has 5 nitrogen and oxygen atoms in total. The smallest absolute Gasteiger partial charge is 0.326 e. The molecule has 0 fully saturated rings. The van der Waals surface area contributed by atoms with E-state index in [0.29, 0.717) is 16.5 Å². The van der Waals surface area contributed by atoms with E-state index in [2.05, 4.69) is 20.9 Å². The van der Waals surface area contributed by atoms with E-state index < -0.39 is 12.0 Å². The molecule has 0 aliphatic rings. The average Bonchev–Trinajstić information content (AvgIpc) is 2.28. The molecule has 1 N–H and O–H groups in total. The molecule has 17 heavy (non-hydrogen) atoms. The number of carbonyl (C=O) groups excluding carboxylic acids is 1. The first-order chi connectivity index (χ1) is 7.97. The fourth-order valence-corrected chi connectivity index (χ4v) is 1.85. The summed E-state index contributed by atoms with van der Waals surface area (Å²) in [7, 11) is 1.48. The van der Waals surface area contributed by atoms with Gasteiger partial charge in [0, 0.05) is 23.9 Å². The molecule has 0 aromatic carbocycles. The predicted molar refractivity (Wildman–Crippen MR) is 65.7 cm³/mol. The minimum atomic E-state index is -1.01. The molecule has 0 saturated heterocycles. The van der Waals surface area contributed by atoms with Crippen molar-refractivity contribution in [3.63, 3.8) is 0 Å². The summed E-state index contributed by atoms with van der Waals surface area (Å²) in [6.07, 6.45) is 3.34. The summed E-state index contributed by atoms with van der Waals surface area (Å²) < 4.78 is 0.681. The molecule has 0 aliphatic carbocycles. The molecule has 92 valence electrons. The highest BCUT2D eigenvalue weighted by molar-refractivity contribution is 9.10. The van der Waals surface area contributed by atoms with Gasteiger partial charge in [-0.3, -0.25) is 9.78 Å². The molecule has 0 saturated carbocycles. The van der Waals surface area contributed by atoms with Crippen molar-refractivity contribution in [3.8, 4) is 0 Å². The second kappa shape index (κ2) is 5.77. The fraction of sp³-hybridized carbons (Fsp3) is 0.364. The Morgan fingerprint density at radius 3 is 2.65 bits per heavy atom. The molecule has 1 rings (SSSR count). The van der Waals surface area contributed by atoms with Crippen molar-refractivity contribution in [3.05, 3.63) is 28.5 Å². The Morgan fingerprint density at radius 1 is 1.53 bits per heavy atom. The molecule has 1 heterocycles. The van der Waals surface area contributed by atoms with Gasteiger partial charge in [0.15, 0.2) is 0 Å². The first kappa shape index (κ1) is 13.6. The SMILES string of the molecule is CCC(C(=O)O)N(C)C(=O)c1cncc(Br)c1. The van der Waals surface area contributed by atoms with Crippen molar-refractivity contribution in [1.29, 1.82) is 0 Å². The van der Waals surface area contributed by atoms with Gasteiger partial charge in [0.2, 0.25) is 0 Å². The van der Waals surface area contributed by atoms with Crippen molar-refractivity contribution in [2.45, 2.75) is 19.4 Å². The summed E-state index contributed by atoms with van der Waals surface area (Å²) in [5.74, 6) is -1.36. The van der Waals surface area contributed by atoms with Gasteiger partial charge < -0.3 is 10.0 Å². The second-order valence-corrected chi connectivity index (χ2v) is 4.49. The predicted octanol–water partition coefficient (Wildman–Crippen LogP) is 1.78. The number of aromatic nitrogens is 1. The summed E-state index contributed by atoms with van der Waals surface area (Å²) >= 11 is 3.21. The van der Waals surface area contributed by atoms with E-state index in [1.54, 1.807) is 19.2 Å². The Bertz CT molecular complexity index is 436. The van der Waals surface area contributed by atoms with Gasteiger partial charge in [-0.05, 0) is 28.4 Å². The third kappa shape index (κ3) is 3.26. The number of carboxylic acid groups (broad SMARTS) is 1. The summed E-state index contributed by atoms with van der Waals surface area (Å²) in [6, 6.07) is 0.793. The highest BCUT2D eigenvalue weighted by Gasteiger charge is 2.25. The lowest BCUT2D eigenvalue weighted by atomic mass is 10.1. The van der Waals surface area contributed by atoms with E-state index in [1.165, 1.54) is 18.1 Å². The largest absolute Gasteiger partial charge is 0.480 e. The number of likely N-dealkylation sites (N-methyl/N-ethyl adjacent to an activating group) is 1. The molecule has 0 spiro atoms. The molecule has 1 amide bonds. The monoisotopic (exact) mass is 300 g/mol. The number of nitrogens with zero attached hydrogens (tertiary/aromatic N) is 2. The van der Waals surface area contributed by atoms with Crippen LogP contribution >= 0.6 is 15.9 Å². The van der Waals surface area contributed by atoms with Gasteiger partial charge in [-0.25, -0.2) is 4.79 Å². The normalized spacial score (nSPS) is 11.9. The molecule has 0 aliphatic heterocycles. The number of hydrogen-bond donors (Lipinski definition) is 1. The summed E-state index contributed by atoms with van der Waals surface area (Å²) in [4.78, 5) is 28.0. The molecule has 1 unspecified atom stereocenters. The van der Waals surface area contributed by atoms with Gasteiger partial charge in [-0.1, -0.05) is 6.92 Å². The number of halogens is 1. The first-order valence-corrected chi connectivity index (χ1v) is 5.87. The number of pyridine rings is 1. The van der Waals surface area contributed by atoms with Crippen LogP contribution in [0.5, 0.6) is 0 Å². The lowest BCUT2D eigenvalue weighted by Gasteiger charge is -2.23. The molecule has 6 heteroatoms. The Kier molecular flexibility index (Phi) is 4.62. The zero-order valence-electron chi connectivity index (χ0n) is 9.55. The topological polar surface area (TPSA) is 70.5 Å². The van der Waals surface area contributed by atoms with Gasteiger partial charge >= 0.3 is 5.97 Å². The molecule has 0 bridgehead atoms. The second-order valence-electron chi connectivity index (χ2n) is 3.57. The van der Waals surface area contributed by atoms with Gasteiger partial charge in [-0.2, -0.15) is 0 Å². The van der Waals surface area contributed by atoms with Gasteiger partial charge in [0.1, 0.15) is 6.04 Å². The van der Waals surface area contributed by atoms with Crippen LogP contribution in [0.4, 0.5) is 0 Å². The summed E-state index contributed by atoms with van der Waals surface area (Å²) in [5, 5.41) is 8.98. The van der Waals surface area contributed by atoms with Crippen LogP contribution in [0.15, 0.2) is 22.9 Å². The van der Waals surface area contributed by atoms with E-state index in [1.807, 2.05) is 0 Å². The Labute approximate surface area is 108 Å². The lowest BCUT2D eigenvalue weighted by molar-refractivity contribution is -0.142. The van der Waals surface area contributed by atoms with E-state index >= 15 is 0 Å². The van der Waals surface area contributed by atoms with Crippen LogP contribution in [0.25, 0.3) is 0 Å². The molecule has 0 radical (unpaired) electrons. The Balaban J connectivity index is 2.93. The lowest BCUT2D eigenvalue weighted by Crippen LogP contribution is -2.42. The van der Waals surface area contributed by atoms with Crippen LogP contribution in [-0.2, 0) is 4.79 Å². The van der Waals surface area contributed by atoms with E-state index in [9.17, 15) is 9.59 Å². The molecular formula is C11H13BrN2O3. The van der Waals surface area contributed by atoms with Crippen LogP contribution in [0.3, 0.4) is 0 Å². The van der Waals surface area contributed by atoms with Crippen LogP contribution in [0, 0.1) is 0 Å². The first-order valence-electron chi connectivity index (χ1n) is 5.07. The fourth-order valence-electron chi connectivity index (χ4n) is 1.49. The third-order valence-corrected chi connectivity index (χ3v) is 2.85. The van der Waals surface area contributed by atoms with Gasteiger partial charge in [0.25, 0.3) is 5.91 Å². The Morgan fingerprint density at radius 2 is 2.18 bits per heavy atom. The average molecular weight is 301 g/mol. The van der Waals surface area contributed by atoms with Crippen molar-refractivity contribution in [2.24, 2.45) is 0 Å². The summed E-state index contributed by atoms with van der Waals surface area (Å²) in [5.41, 5.74) is 0.363. The van der Waals surface area contributed by atoms with Crippen LogP contribution < -0.4 is 0 Å². The van der Waals surface area contributed by atoms with Crippen molar-refractivity contribution < 1.29 is 14.7 Å². The summed E-state index contributed by atoms with van der Waals surface area (Å²) in [6.45, 7) is 1.72. The minimum Gasteiger partial charge on any atom is -0.480 e. The minimum absolute atomic E-state index is 0.354. The molecular weight excluding hydrogens is 288 g/mol. The van der Waals surface area contributed by atoms with Crippen molar-refractivity contribution >= 4 is 27.8 Å². The maximum absolute atomic E-state index is 12.0. The highest BCUT2D eigenvalue weighted by atomic mass is 79.9. The van der Waals surface area contributed by atoms with Crippen molar-refractivity contribution in [1.82, 2.24) is 9.88 Å².